The van der Waals surface area contributed by atoms with Crippen LogP contribution >= 0.6 is 0 Å². The summed E-state index contributed by atoms with van der Waals surface area (Å²) in [6.07, 6.45) is 2.34. The molecule has 0 saturated carbocycles. The SMILES string of the molecule is CCC(=O)Nc1ccc(C)c(NC(=O)[C@@H]2CCCN2)c1. The van der Waals surface area contributed by atoms with Crippen molar-refractivity contribution in [3.05, 3.63) is 23.8 Å². The van der Waals surface area contributed by atoms with Gasteiger partial charge in [0.25, 0.3) is 0 Å². The number of rotatable bonds is 4. The zero-order valence-electron chi connectivity index (χ0n) is 12.0. The molecule has 0 spiro atoms. The van der Waals surface area contributed by atoms with E-state index in [0.717, 1.165) is 30.6 Å². The van der Waals surface area contributed by atoms with Crippen molar-refractivity contribution in [2.75, 3.05) is 17.2 Å². The summed E-state index contributed by atoms with van der Waals surface area (Å²) >= 11 is 0. The van der Waals surface area contributed by atoms with Crippen molar-refractivity contribution in [2.45, 2.75) is 39.2 Å². The predicted molar refractivity (Wildman–Crippen MR) is 79.8 cm³/mol. The van der Waals surface area contributed by atoms with E-state index in [2.05, 4.69) is 16.0 Å². The molecule has 1 heterocycles. The van der Waals surface area contributed by atoms with Crippen molar-refractivity contribution in [3.63, 3.8) is 0 Å². The molecule has 20 heavy (non-hydrogen) atoms. The van der Waals surface area contributed by atoms with Crippen LogP contribution in [0.1, 0.15) is 31.7 Å². The normalized spacial score (nSPS) is 17.8. The molecular weight excluding hydrogens is 254 g/mol. The van der Waals surface area contributed by atoms with Crippen LogP contribution in [0.2, 0.25) is 0 Å². The summed E-state index contributed by atoms with van der Waals surface area (Å²) in [5.41, 5.74) is 2.43. The van der Waals surface area contributed by atoms with Crippen LogP contribution in [0.5, 0.6) is 0 Å². The molecule has 0 bridgehead atoms. The quantitative estimate of drug-likeness (QED) is 0.787. The molecule has 5 heteroatoms. The topological polar surface area (TPSA) is 70.2 Å². The van der Waals surface area contributed by atoms with Gasteiger partial charge in [-0.1, -0.05) is 13.0 Å². The molecule has 0 aromatic heterocycles. The zero-order valence-corrected chi connectivity index (χ0v) is 12.0. The predicted octanol–water partition coefficient (Wildman–Crippen LogP) is 2.03. The van der Waals surface area contributed by atoms with E-state index in [1.807, 2.05) is 19.1 Å². The van der Waals surface area contributed by atoms with Gasteiger partial charge in [0.2, 0.25) is 11.8 Å². The molecular formula is C15H21N3O2. The van der Waals surface area contributed by atoms with Gasteiger partial charge in [-0.2, -0.15) is 0 Å². The number of carbonyl (C=O) groups excluding carboxylic acids is 2. The van der Waals surface area contributed by atoms with Crippen LogP contribution in [0.25, 0.3) is 0 Å². The first kappa shape index (κ1) is 14.5. The third-order valence-electron chi connectivity index (χ3n) is 3.48. The van der Waals surface area contributed by atoms with E-state index < -0.39 is 0 Å². The van der Waals surface area contributed by atoms with Crippen LogP contribution in [-0.4, -0.2) is 24.4 Å². The molecule has 1 fully saturated rings. The summed E-state index contributed by atoms with van der Waals surface area (Å²) in [4.78, 5) is 23.5. The highest BCUT2D eigenvalue weighted by Gasteiger charge is 2.22. The van der Waals surface area contributed by atoms with Crippen molar-refractivity contribution in [1.82, 2.24) is 5.32 Å². The molecule has 1 aromatic rings. The van der Waals surface area contributed by atoms with Crippen molar-refractivity contribution >= 4 is 23.2 Å². The van der Waals surface area contributed by atoms with Crippen molar-refractivity contribution in [2.24, 2.45) is 0 Å². The summed E-state index contributed by atoms with van der Waals surface area (Å²) in [7, 11) is 0. The highest BCUT2D eigenvalue weighted by molar-refractivity contribution is 5.97. The lowest BCUT2D eigenvalue weighted by atomic mass is 10.1. The van der Waals surface area contributed by atoms with Gasteiger partial charge in [0.15, 0.2) is 0 Å². The van der Waals surface area contributed by atoms with Gasteiger partial charge in [0.05, 0.1) is 6.04 Å². The lowest BCUT2D eigenvalue weighted by molar-refractivity contribution is -0.118. The third kappa shape index (κ3) is 3.57. The molecule has 0 unspecified atom stereocenters. The lowest BCUT2D eigenvalue weighted by Gasteiger charge is -2.14. The second-order valence-corrected chi connectivity index (χ2v) is 5.07. The Balaban J connectivity index is 2.07. The Labute approximate surface area is 119 Å². The minimum absolute atomic E-state index is 0.00966. The second-order valence-electron chi connectivity index (χ2n) is 5.07. The van der Waals surface area contributed by atoms with E-state index in [0.29, 0.717) is 12.1 Å². The highest BCUT2D eigenvalue weighted by Crippen LogP contribution is 2.21. The summed E-state index contributed by atoms with van der Waals surface area (Å²) < 4.78 is 0. The molecule has 1 atom stereocenters. The first-order valence-corrected chi connectivity index (χ1v) is 7.05. The largest absolute Gasteiger partial charge is 0.326 e. The molecule has 108 valence electrons. The summed E-state index contributed by atoms with van der Waals surface area (Å²) in [6.45, 7) is 4.63. The van der Waals surface area contributed by atoms with Gasteiger partial charge in [-0.25, -0.2) is 0 Å². The first-order valence-electron chi connectivity index (χ1n) is 7.05. The van der Waals surface area contributed by atoms with Gasteiger partial charge in [0, 0.05) is 17.8 Å². The molecule has 1 aliphatic heterocycles. The Bertz CT molecular complexity index is 508. The van der Waals surface area contributed by atoms with Crippen LogP contribution in [0.3, 0.4) is 0 Å². The van der Waals surface area contributed by atoms with Crippen LogP contribution in [0.15, 0.2) is 18.2 Å². The van der Waals surface area contributed by atoms with Crippen molar-refractivity contribution < 1.29 is 9.59 Å². The van der Waals surface area contributed by atoms with Gasteiger partial charge in [-0.3, -0.25) is 9.59 Å². The maximum Gasteiger partial charge on any atom is 0.241 e. The van der Waals surface area contributed by atoms with Gasteiger partial charge in [0.1, 0.15) is 0 Å². The Morgan fingerprint density at radius 3 is 2.80 bits per heavy atom. The van der Waals surface area contributed by atoms with Gasteiger partial charge in [-0.05, 0) is 44.0 Å². The van der Waals surface area contributed by atoms with Gasteiger partial charge in [-0.15, -0.1) is 0 Å². The fourth-order valence-corrected chi connectivity index (χ4v) is 2.21. The molecule has 2 amide bonds. The molecule has 5 nitrogen and oxygen atoms in total. The standard InChI is InChI=1S/C15H21N3O2/c1-3-14(19)17-11-7-6-10(2)13(9-11)18-15(20)12-5-4-8-16-12/h6-7,9,12,16H,3-5,8H2,1-2H3,(H,17,19)(H,18,20)/t12-/m0/s1. The van der Waals surface area contributed by atoms with Crippen LogP contribution in [0, 0.1) is 6.92 Å². The highest BCUT2D eigenvalue weighted by atomic mass is 16.2. The minimum Gasteiger partial charge on any atom is -0.326 e. The Morgan fingerprint density at radius 2 is 2.15 bits per heavy atom. The maximum atomic E-state index is 12.1. The minimum atomic E-state index is -0.108. The molecule has 1 aliphatic rings. The van der Waals surface area contributed by atoms with E-state index in [1.165, 1.54) is 0 Å². The smallest absolute Gasteiger partial charge is 0.241 e. The molecule has 0 aliphatic carbocycles. The Morgan fingerprint density at radius 1 is 1.35 bits per heavy atom. The number of nitrogens with one attached hydrogen (secondary N) is 3. The number of hydrogen-bond donors (Lipinski definition) is 3. The first-order chi connectivity index (χ1) is 9.60. The van der Waals surface area contributed by atoms with Gasteiger partial charge >= 0.3 is 0 Å². The lowest BCUT2D eigenvalue weighted by Crippen LogP contribution is -2.35. The number of amides is 2. The monoisotopic (exact) mass is 275 g/mol. The molecule has 1 aromatic carbocycles. The van der Waals surface area contributed by atoms with E-state index in [1.54, 1.807) is 13.0 Å². The van der Waals surface area contributed by atoms with E-state index in [4.69, 9.17) is 0 Å². The number of aryl methyl sites for hydroxylation is 1. The number of hydrogen-bond acceptors (Lipinski definition) is 3. The van der Waals surface area contributed by atoms with E-state index in [-0.39, 0.29) is 17.9 Å². The fraction of sp³-hybridized carbons (Fsp3) is 0.467. The van der Waals surface area contributed by atoms with Crippen molar-refractivity contribution in [1.29, 1.82) is 0 Å². The summed E-state index contributed by atoms with van der Waals surface area (Å²) in [6, 6.07) is 5.42. The van der Waals surface area contributed by atoms with Crippen LogP contribution < -0.4 is 16.0 Å². The van der Waals surface area contributed by atoms with Crippen molar-refractivity contribution in [3.8, 4) is 0 Å². The summed E-state index contributed by atoms with van der Waals surface area (Å²) in [5, 5.41) is 8.90. The number of carbonyl (C=O) groups is 2. The average molecular weight is 275 g/mol. The summed E-state index contributed by atoms with van der Waals surface area (Å²) in [5.74, 6) is -0.0480. The van der Waals surface area contributed by atoms with Crippen LogP contribution in [0.4, 0.5) is 11.4 Å². The Kier molecular flexibility index (Phi) is 4.74. The van der Waals surface area contributed by atoms with E-state index >= 15 is 0 Å². The maximum absolute atomic E-state index is 12.1. The molecule has 3 N–H and O–H groups in total. The Hall–Kier alpha value is -1.88. The fourth-order valence-electron chi connectivity index (χ4n) is 2.21. The zero-order chi connectivity index (χ0) is 14.5. The van der Waals surface area contributed by atoms with Crippen LogP contribution in [-0.2, 0) is 9.59 Å². The van der Waals surface area contributed by atoms with Gasteiger partial charge < -0.3 is 16.0 Å². The number of anilines is 2. The average Bonchev–Trinajstić information content (AvgIpc) is 2.96. The molecule has 1 saturated heterocycles. The second kappa shape index (κ2) is 6.52. The molecule has 0 radical (unpaired) electrons. The van der Waals surface area contributed by atoms with E-state index in [9.17, 15) is 9.59 Å². The number of benzene rings is 1. The third-order valence-corrected chi connectivity index (χ3v) is 3.48. The molecule has 2 rings (SSSR count).